The second kappa shape index (κ2) is 8.21. The number of rotatable bonds is 5. The number of ether oxygens (including phenoxy) is 1. The van der Waals surface area contributed by atoms with Gasteiger partial charge in [-0.1, -0.05) is 48.5 Å². The first-order chi connectivity index (χ1) is 13.4. The molecule has 28 heavy (non-hydrogen) atoms. The van der Waals surface area contributed by atoms with Crippen molar-refractivity contribution in [3.63, 3.8) is 0 Å². The van der Waals surface area contributed by atoms with E-state index >= 15 is 0 Å². The fourth-order valence-corrected chi connectivity index (χ4v) is 3.35. The first-order valence-corrected chi connectivity index (χ1v) is 9.24. The van der Waals surface area contributed by atoms with Gasteiger partial charge in [0.05, 0.1) is 16.8 Å². The van der Waals surface area contributed by atoms with Gasteiger partial charge in [-0.05, 0) is 38.0 Å². The number of aromatic nitrogens is 1. The molecule has 2 aromatic carbocycles. The zero-order chi connectivity index (χ0) is 20.3. The molecule has 0 fully saturated rings. The minimum absolute atomic E-state index is 0.249. The number of para-hydroxylation sites is 1. The third kappa shape index (κ3) is 4.03. The predicted octanol–water partition coefficient (Wildman–Crippen LogP) is 4.06. The highest BCUT2D eigenvalue weighted by molar-refractivity contribution is 5.99. The number of carbonyl (C=O) groups excluding carboxylic acids is 2. The first-order valence-electron chi connectivity index (χ1n) is 9.24. The topological polar surface area (TPSA) is 59.5 Å². The van der Waals surface area contributed by atoms with Crippen LogP contribution in [0.15, 0.2) is 54.6 Å². The van der Waals surface area contributed by atoms with Crippen LogP contribution in [0.3, 0.4) is 0 Å². The van der Waals surface area contributed by atoms with Gasteiger partial charge < -0.3 is 9.64 Å². The zero-order valence-electron chi connectivity index (χ0n) is 16.6. The number of esters is 1. The van der Waals surface area contributed by atoms with Crippen LogP contribution in [-0.4, -0.2) is 34.9 Å². The van der Waals surface area contributed by atoms with Crippen LogP contribution in [0.25, 0.3) is 10.9 Å². The molecule has 1 amide bonds. The lowest BCUT2D eigenvalue weighted by Crippen LogP contribution is -2.37. The van der Waals surface area contributed by atoms with Crippen molar-refractivity contribution in [2.24, 2.45) is 0 Å². The Bertz CT molecular complexity index is 1020. The standard InChI is InChI=1S/C23H24N2O3/c1-15-19-12-8-9-13-20(19)24-16(2)21(15)23(27)28-17(3)22(26)25(4)14-18-10-6-5-7-11-18/h5-13,17H,14H2,1-4H3/t17-/m1/s1. The third-order valence-electron chi connectivity index (χ3n) is 4.81. The Labute approximate surface area is 165 Å². The van der Waals surface area contributed by atoms with Crippen LogP contribution < -0.4 is 0 Å². The van der Waals surface area contributed by atoms with Crippen LogP contribution >= 0.6 is 0 Å². The van der Waals surface area contributed by atoms with Crippen molar-refractivity contribution in [2.75, 3.05) is 7.05 Å². The predicted molar refractivity (Wildman–Crippen MR) is 109 cm³/mol. The molecule has 5 heteroatoms. The van der Waals surface area contributed by atoms with Gasteiger partial charge in [0.2, 0.25) is 0 Å². The monoisotopic (exact) mass is 376 g/mol. The van der Waals surface area contributed by atoms with Gasteiger partial charge >= 0.3 is 5.97 Å². The molecule has 0 aliphatic heterocycles. The van der Waals surface area contributed by atoms with Crippen LogP contribution in [0.2, 0.25) is 0 Å². The Morgan fingerprint density at radius 1 is 1.04 bits per heavy atom. The summed E-state index contributed by atoms with van der Waals surface area (Å²) >= 11 is 0. The van der Waals surface area contributed by atoms with Gasteiger partial charge in [0.25, 0.3) is 5.91 Å². The Kier molecular flexibility index (Phi) is 5.73. The van der Waals surface area contributed by atoms with Crippen LogP contribution in [0.1, 0.15) is 34.1 Å². The largest absolute Gasteiger partial charge is 0.449 e. The van der Waals surface area contributed by atoms with Crippen molar-refractivity contribution >= 4 is 22.8 Å². The second-order valence-electron chi connectivity index (χ2n) is 6.94. The lowest BCUT2D eigenvalue weighted by molar-refractivity contribution is -0.139. The van der Waals surface area contributed by atoms with Gasteiger partial charge in [-0.2, -0.15) is 0 Å². The molecule has 0 bridgehead atoms. The van der Waals surface area contributed by atoms with Crippen LogP contribution in [0, 0.1) is 13.8 Å². The molecule has 144 valence electrons. The van der Waals surface area contributed by atoms with Crippen LogP contribution in [0.4, 0.5) is 0 Å². The number of nitrogens with zero attached hydrogens (tertiary/aromatic N) is 2. The van der Waals surface area contributed by atoms with Gasteiger partial charge in [0, 0.05) is 19.0 Å². The number of pyridine rings is 1. The number of hydrogen-bond acceptors (Lipinski definition) is 4. The summed E-state index contributed by atoms with van der Waals surface area (Å²) in [5.74, 6) is -0.775. The Balaban J connectivity index is 1.75. The number of amides is 1. The lowest BCUT2D eigenvalue weighted by atomic mass is 10.0. The fourth-order valence-electron chi connectivity index (χ4n) is 3.35. The second-order valence-corrected chi connectivity index (χ2v) is 6.94. The van der Waals surface area contributed by atoms with Crippen molar-refractivity contribution in [3.8, 4) is 0 Å². The highest BCUT2D eigenvalue weighted by Crippen LogP contribution is 2.23. The number of benzene rings is 2. The van der Waals surface area contributed by atoms with Gasteiger partial charge in [0.1, 0.15) is 0 Å². The number of fused-ring (bicyclic) bond motifs is 1. The summed E-state index contributed by atoms with van der Waals surface area (Å²) in [6.45, 7) is 5.71. The molecule has 0 aliphatic rings. The van der Waals surface area contributed by atoms with Gasteiger partial charge in [-0.3, -0.25) is 9.78 Å². The molecular weight excluding hydrogens is 352 g/mol. The highest BCUT2D eigenvalue weighted by Gasteiger charge is 2.25. The molecule has 1 atom stereocenters. The Morgan fingerprint density at radius 2 is 1.68 bits per heavy atom. The molecule has 5 nitrogen and oxygen atoms in total. The van der Waals surface area contributed by atoms with Crippen molar-refractivity contribution in [1.29, 1.82) is 0 Å². The van der Waals surface area contributed by atoms with E-state index in [0.717, 1.165) is 22.0 Å². The number of carbonyl (C=O) groups is 2. The van der Waals surface area contributed by atoms with Crippen molar-refractivity contribution in [2.45, 2.75) is 33.4 Å². The molecule has 0 spiro atoms. The van der Waals surface area contributed by atoms with E-state index in [1.807, 2.05) is 61.5 Å². The third-order valence-corrected chi connectivity index (χ3v) is 4.81. The maximum absolute atomic E-state index is 12.8. The molecule has 0 N–H and O–H groups in total. The molecular formula is C23H24N2O3. The van der Waals surface area contributed by atoms with Crippen molar-refractivity contribution in [3.05, 3.63) is 77.0 Å². The number of likely N-dealkylation sites (N-methyl/N-ethyl adjacent to an activating group) is 1. The molecule has 3 rings (SSSR count). The van der Waals surface area contributed by atoms with E-state index in [4.69, 9.17) is 4.74 Å². The van der Waals surface area contributed by atoms with Crippen LogP contribution in [-0.2, 0) is 16.1 Å². The van der Waals surface area contributed by atoms with Crippen molar-refractivity contribution < 1.29 is 14.3 Å². The summed E-state index contributed by atoms with van der Waals surface area (Å²) in [6, 6.07) is 17.3. The summed E-state index contributed by atoms with van der Waals surface area (Å²) in [5, 5.41) is 0.903. The lowest BCUT2D eigenvalue weighted by Gasteiger charge is -2.22. The van der Waals surface area contributed by atoms with Crippen LogP contribution in [0.5, 0.6) is 0 Å². The van der Waals surface area contributed by atoms with E-state index in [2.05, 4.69) is 4.98 Å². The van der Waals surface area contributed by atoms with E-state index in [1.54, 1.807) is 25.8 Å². The highest BCUT2D eigenvalue weighted by atomic mass is 16.5. The summed E-state index contributed by atoms with van der Waals surface area (Å²) in [7, 11) is 1.70. The zero-order valence-corrected chi connectivity index (χ0v) is 16.6. The molecule has 0 saturated heterocycles. The molecule has 0 aliphatic carbocycles. The van der Waals surface area contributed by atoms with E-state index in [1.165, 1.54) is 0 Å². The normalized spacial score (nSPS) is 11.9. The van der Waals surface area contributed by atoms with E-state index in [-0.39, 0.29) is 5.91 Å². The number of aryl methyl sites for hydroxylation is 2. The first kappa shape index (κ1) is 19.5. The summed E-state index contributed by atoms with van der Waals surface area (Å²) in [5.41, 5.74) is 3.68. The molecule has 0 unspecified atom stereocenters. The molecule has 0 radical (unpaired) electrons. The molecule has 1 heterocycles. The quantitative estimate of drug-likeness (QED) is 0.630. The van der Waals surface area contributed by atoms with Crippen molar-refractivity contribution in [1.82, 2.24) is 9.88 Å². The molecule has 3 aromatic rings. The maximum atomic E-state index is 12.8. The van der Waals surface area contributed by atoms with E-state index in [9.17, 15) is 9.59 Å². The molecule has 1 aromatic heterocycles. The molecule has 0 saturated carbocycles. The smallest absolute Gasteiger partial charge is 0.341 e. The number of hydrogen-bond donors (Lipinski definition) is 0. The maximum Gasteiger partial charge on any atom is 0.341 e. The summed E-state index contributed by atoms with van der Waals surface area (Å²) < 4.78 is 5.50. The Hall–Kier alpha value is -3.21. The average Bonchev–Trinajstić information content (AvgIpc) is 2.68. The summed E-state index contributed by atoms with van der Waals surface area (Å²) in [6.07, 6.45) is -0.883. The van der Waals surface area contributed by atoms with E-state index in [0.29, 0.717) is 17.8 Å². The fraction of sp³-hybridized carbons (Fsp3) is 0.261. The minimum atomic E-state index is -0.883. The van der Waals surface area contributed by atoms with Gasteiger partial charge in [0.15, 0.2) is 6.10 Å². The SMILES string of the molecule is Cc1nc2ccccc2c(C)c1C(=O)O[C@H](C)C(=O)N(C)Cc1ccccc1. The minimum Gasteiger partial charge on any atom is -0.449 e. The average molecular weight is 376 g/mol. The summed E-state index contributed by atoms with van der Waals surface area (Å²) in [4.78, 5) is 31.5. The van der Waals surface area contributed by atoms with Gasteiger partial charge in [-0.15, -0.1) is 0 Å². The van der Waals surface area contributed by atoms with E-state index < -0.39 is 12.1 Å². The van der Waals surface area contributed by atoms with Gasteiger partial charge in [-0.25, -0.2) is 4.79 Å². The Morgan fingerprint density at radius 3 is 2.39 bits per heavy atom.